The van der Waals surface area contributed by atoms with Crippen LogP contribution in [0.5, 0.6) is 0 Å². The average Bonchev–Trinajstić information content (AvgIpc) is 3.19. The predicted molar refractivity (Wildman–Crippen MR) is 93.1 cm³/mol. The van der Waals surface area contributed by atoms with Gasteiger partial charge in [0.05, 0.1) is 12.5 Å². The van der Waals surface area contributed by atoms with Crippen LogP contribution < -0.4 is 10.9 Å². The van der Waals surface area contributed by atoms with E-state index in [4.69, 9.17) is 0 Å². The molecule has 4 rings (SSSR count). The van der Waals surface area contributed by atoms with Crippen LogP contribution in [0.2, 0.25) is 0 Å². The minimum absolute atomic E-state index is 0.00982. The van der Waals surface area contributed by atoms with Crippen molar-refractivity contribution < 1.29 is 4.79 Å². The highest BCUT2D eigenvalue weighted by atomic mass is 16.2. The second-order valence-corrected chi connectivity index (χ2v) is 7.06. The summed E-state index contributed by atoms with van der Waals surface area (Å²) < 4.78 is 3.06. The molecular formula is C17H24N6O2. The maximum Gasteiger partial charge on any atom is 0.264 e. The van der Waals surface area contributed by atoms with Crippen molar-refractivity contribution in [2.24, 2.45) is 7.05 Å². The van der Waals surface area contributed by atoms with Gasteiger partial charge in [0.25, 0.3) is 5.56 Å². The summed E-state index contributed by atoms with van der Waals surface area (Å²) in [4.78, 5) is 31.5. The molecule has 25 heavy (non-hydrogen) atoms. The fraction of sp³-hybridized carbons (Fsp3) is 0.647. The monoisotopic (exact) mass is 344 g/mol. The van der Waals surface area contributed by atoms with Crippen LogP contribution in [0.25, 0.3) is 11.0 Å². The Morgan fingerprint density at radius 3 is 3.08 bits per heavy atom. The van der Waals surface area contributed by atoms with E-state index in [0.717, 1.165) is 19.5 Å². The number of hydrogen-bond donors (Lipinski definition) is 1. The molecule has 1 N–H and O–H groups in total. The Bertz CT molecular complexity index is 841. The van der Waals surface area contributed by atoms with Crippen LogP contribution in [-0.2, 0) is 18.4 Å². The molecular weight excluding hydrogens is 320 g/mol. The number of nitrogens with zero attached hydrogens (tertiary/aromatic N) is 5. The lowest BCUT2D eigenvalue weighted by molar-refractivity contribution is -0.122. The lowest BCUT2D eigenvalue weighted by atomic mass is 9.99. The molecule has 0 aliphatic carbocycles. The number of piperidine rings is 1. The highest BCUT2D eigenvalue weighted by molar-refractivity contribution is 5.76. The van der Waals surface area contributed by atoms with Gasteiger partial charge in [0.2, 0.25) is 5.91 Å². The van der Waals surface area contributed by atoms with Gasteiger partial charge < -0.3 is 5.32 Å². The second kappa shape index (κ2) is 6.59. The molecule has 2 aromatic heterocycles. The first-order chi connectivity index (χ1) is 12.1. The summed E-state index contributed by atoms with van der Waals surface area (Å²) in [5.74, 6) is 0.00982. The van der Waals surface area contributed by atoms with E-state index in [0.29, 0.717) is 23.6 Å². The van der Waals surface area contributed by atoms with E-state index in [1.807, 2.05) is 0 Å². The zero-order chi connectivity index (χ0) is 17.4. The number of carbonyl (C=O) groups excluding carboxylic acids is 1. The molecule has 0 radical (unpaired) electrons. The smallest absolute Gasteiger partial charge is 0.264 e. The lowest BCUT2D eigenvalue weighted by Gasteiger charge is -2.32. The third kappa shape index (κ3) is 3.06. The molecule has 2 fully saturated rings. The molecule has 0 bridgehead atoms. The molecule has 4 heterocycles. The fourth-order valence-electron chi connectivity index (χ4n) is 4.14. The third-order valence-electron chi connectivity index (χ3n) is 5.50. The van der Waals surface area contributed by atoms with E-state index in [-0.39, 0.29) is 23.9 Å². The third-order valence-corrected chi connectivity index (χ3v) is 5.50. The van der Waals surface area contributed by atoms with Crippen molar-refractivity contribution in [3.63, 3.8) is 0 Å². The minimum Gasteiger partial charge on any atom is -0.352 e. The SMILES string of the molecule is Cn1ncc2c(=O)n(CCC(=O)NC3CCN4CCCCC34)cnc21. The number of amides is 1. The number of rotatable bonds is 4. The van der Waals surface area contributed by atoms with Gasteiger partial charge in [-0.1, -0.05) is 6.42 Å². The van der Waals surface area contributed by atoms with E-state index in [1.165, 1.54) is 36.4 Å². The van der Waals surface area contributed by atoms with Crippen LogP contribution in [0, 0.1) is 0 Å². The van der Waals surface area contributed by atoms with Gasteiger partial charge in [-0.05, 0) is 25.8 Å². The molecule has 8 nitrogen and oxygen atoms in total. The first-order valence-electron chi connectivity index (χ1n) is 9.04. The summed E-state index contributed by atoms with van der Waals surface area (Å²) in [6.45, 7) is 2.57. The summed E-state index contributed by atoms with van der Waals surface area (Å²) in [6, 6.07) is 0.747. The number of hydrogen-bond acceptors (Lipinski definition) is 5. The molecule has 2 saturated heterocycles. The molecule has 2 aliphatic heterocycles. The van der Waals surface area contributed by atoms with Crippen LogP contribution >= 0.6 is 0 Å². The molecule has 0 aromatic carbocycles. The van der Waals surface area contributed by atoms with Crippen molar-refractivity contribution in [2.45, 2.75) is 50.7 Å². The van der Waals surface area contributed by atoms with E-state index in [9.17, 15) is 9.59 Å². The Morgan fingerprint density at radius 2 is 2.20 bits per heavy atom. The van der Waals surface area contributed by atoms with E-state index >= 15 is 0 Å². The topological polar surface area (TPSA) is 85.0 Å². The van der Waals surface area contributed by atoms with Gasteiger partial charge in [0.15, 0.2) is 5.65 Å². The van der Waals surface area contributed by atoms with Gasteiger partial charge in [-0.25, -0.2) is 4.98 Å². The number of aryl methyl sites for hydroxylation is 2. The molecule has 0 spiro atoms. The highest BCUT2D eigenvalue weighted by Crippen LogP contribution is 2.27. The Balaban J connectivity index is 1.37. The zero-order valence-electron chi connectivity index (χ0n) is 14.5. The average molecular weight is 344 g/mol. The molecule has 0 saturated carbocycles. The molecule has 2 aromatic rings. The van der Waals surface area contributed by atoms with Crippen molar-refractivity contribution in [1.82, 2.24) is 29.5 Å². The first-order valence-corrected chi connectivity index (χ1v) is 9.04. The predicted octanol–water partition coefficient (Wildman–Crippen LogP) is 0.263. The molecule has 2 unspecified atom stereocenters. The second-order valence-electron chi connectivity index (χ2n) is 7.06. The van der Waals surface area contributed by atoms with Gasteiger partial charge in [-0.2, -0.15) is 5.10 Å². The molecule has 8 heteroatoms. The minimum atomic E-state index is -0.148. The maximum atomic E-state index is 12.4. The van der Waals surface area contributed by atoms with Crippen molar-refractivity contribution >= 4 is 16.9 Å². The Kier molecular flexibility index (Phi) is 4.29. The number of nitrogens with one attached hydrogen (secondary N) is 1. The largest absolute Gasteiger partial charge is 0.352 e. The Morgan fingerprint density at radius 1 is 1.32 bits per heavy atom. The number of carbonyl (C=O) groups is 1. The fourth-order valence-corrected chi connectivity index (χ4v) is 4.14. The first kappa shape index (κ1) is 16.3. The van der Waals surface area contributed by atoms with E-state index in [1.54, 1.807) is 11.7 Å². The van der Waals surface area contributed by atoms with Crippen molar-refractivity contribution in [2.75, 3.05) is 13.1 Å². The molecule has 134 valence electrons. The summed E-state index contributed by atoms with van der Waals surface area (Å²) >= 11 is 0. The summed E-state index contributed by atoms with van der Waals surface area (Å²) in [5.41, 5.74) is 0.416. The summed E-state index contributed by atoms with van der Waals surface area (Å²) in [6.07, 6.45) is 8.03. The van der Waals surface area contributed by atoms with Crippen LogP contribution in [0.1, 0.15) is 32.1 Å². The van der Waals surface area contributed by atoms with Gasteiger partial charge in [-0.3, -0.25) is 23.7 Å². The van der Waals surface area contributed by atoms with Gasteiger partial charge in [0.1, 0.15) is 5.39 Å². The van der Waals surface area contributed by atoms with Crippen molar-refractivity contribution in [1.29, 1.82) is 0 Å². The highest BCUT2D eigenvalue weighted by Gasteiger charge is 2.36. The zero-order valence-corrected chi connectivity index (χ0v) is 14.5. The quantitative estimate of drug-likeness (QED) is 0.860. The van der Waals surface area contributed by atoms with Crippen LogP contribution in [0.15, 0.2) is 17.3 Å². The Labute approximate surface area is 145 Å². The number of fused-ring (bicyclic) bond motifs is 2. The standard InChI is InChI=1S/C17H24N6O2/c1-21-16-12(10-19-21)17(25)23(11-18-16)9-6-15(24)20-13-5-8-22-7-3-2-4-14(13)22/h10-11,13-14H,2-9H2,1H3,(H,20,24). The lowest BCUT2D eigenvalue weighted by Crippen LogP contribution is -2.47. The van der Waals surface area contributed by atoms with E-state index < -0.39 is 0 Å². The molecule has 1 amide bonds. The van der Waals surface area contributed by atoms with Crippen LogP contribution in [0.3, 0.4) is 0 Å². The maximum absolute atomic E-state index is 12.4. The normalized spacial score (nSPS) is 23.7. The Hall–Kier alpha value is -2.22. The molecule has 2 atom stereocenters. The van der Waals surface area contributed by atoms with E-state index in [2.05, 4.69) is 20.3 Å². The van der Waals surface area contributed by atoms with Crippen LogP contribution in [-0.4, -0.2) is 55.3 Å². The van der Waals surface area contributed by atoms with Gasteiger partial charge >= 0.3 is 0 Å². The molecule has 2 aliphatic rings. The summed E-state index contributed by atoms with van der Waals surface area (Å²) in [7, 11) is 1.75. The van der Waals surface area contributed by atoms with Gasteiger partial charge in [-0.15, -0.1) is 0 Å². The summed E-state index contributed by atoms with van der Waals surface area (Å²) in [5, 5.41) is 7.72. The van der Waals surface area contributed by atoms with Crippen molar-refractivity contribution in [3.8, 4) is 0 Å². The van der Waals surface area contributed by atoms with Crippen LogP contribution in [0.4, 0.5) is 0 Å². The van der Waals surface area contributed by atoms with Crippen molar-refractivity contribution in [3.05, 3.63) is 22.9 Å². The number of aromatic nitrogens is 4. The van der Waals surface area contributed by atoms with Gasteiger partial charge in [0, 0.05) is 38.6 Å².